The van der Waals surface area contributed by atoms with Crippen LogP contribution in [0.15, 0.2) is 30.3 Å². The van der Waals surface area contributed by atoms with E-state index in [9.17, 15) is 4.79 Å². The monoisotopic (exact) mass is 263 g/mol. The molecule has 3 nitrogen and oxygen atoms in total. The van der Waals surface area contributed by atoms with Crippen molar-refractivity contribution in [3.8, 4) is 0 Å². The topological polar surface area (TPSA) is 38.3 Å². The van der Waals surface area contributed by atoms with Gasteiger partial charge in [0.15, 0.2) is 0 Å². The van der Waals surface area contributed by atoms with Crippen LogP contribution in [-0.2, 0) is 9.53 Å². The Balaban J connectivity index is 2.51. The first-order valence-electron chi connectivity index (χ1n) is 7.07. The molecule has 0 radical (unpaired) electrons. The molecule has 1 atom stereocenters. The van der Waals surface area contributed by atoms with Crippen molar-refractivity contribution in [2.75, 3.05) is 13.3 Å². The molecule has 0 aliphatic carbocycles. The van der Waals surface area contributed by atoms with E-state index in [1.54, 1.807) is 0 Å². The second kappa shape index (κ2) is 8.70. The summed E-state index contributed by atoms with van der Waals surface area (Å²) < 4.78 is 5.38. The van der Waals surface area contributed by atoms with E-state index < -0.39 is 0 Å². The van der Waals surface area contributed by atoms with Crippen LogP contribution >= 0.6 is 0 Å². The van der Waals surface area contributed by atoms with Gasteiger partial charge >= 0.3 is 0 Å². The summed E-state index contributed by atoms with van der Waals surface area (Å²) in [7, 11) is 0. The minimum atomic E-state index is -0.115. The molecule has 1 rings (SSSR count). The molecule has 1 N–H and O–H groups in total. The number of rotatable bonds is 8. The molecule has 1 amide bonds. The number of hydrogen-bond acceptors (Lipinski definition) is 2. The van der Waals surface area contributed by atoms with E-state index in [1.807, 2.05) is 30.3 Å². The molecule has 106 valence electrons. The van der Waals surface area contributed by atoms with E-state index >= 15 is 0 Å². The van der Waals surface area contributed by atoms with Crippen molar-refractivity contribution in [3.05, 3.63) is 35.9 Å². The highest BCUT2D eigenvalue weighted by molar-refractivity contribution is 5.83. The molecule has 0 aliphatic heterocycles. The van der Waals surface area contributed by atoms with Crippen molar-refractivity contribution >= 4 is 5.91 Å². The average Bonchev–Trinajstić information content (AvgIpc) is 2.39. The van der Waals surface area contributed by atoms with Gasteiger partial charge in [0.05, 0.1) is 5.92 Å². The molecule has 0 bridgehead atoms. The van der Waals surface area contributed by atoms with E-state index in [1.165, 1.54) is 0 Å². The molecule has 0 heterocycles. The number of ether oxygens (including phenoxy) is 1. The predicted molar refractivity (Wildman–Crippen MR) is 77.9 cm³/mol. The van der Waals surface area contributed by atoms with Gasteiger partial charge in [0, 0.05) is 6.61 Å². The number of carbonyl (C=O) groups excluding carboxylic acids is 1. The largest absolute Gasteiger partial charge is 0.361 e. The van der Waals surface area contributed by atoms with Crippen LogP contribution in [0, 0.1) is 5.92 Å². The lowest BCUT2D eigenvalue weighted by Crippen LogP contribution is -2.33. The highest BCUT2D eigenvalue weighted by Gasteiger charge is 2.23. The predicted octanol–water partition coefficient (Wildman–Crippen LogP) is 3.32. The van der Waals surface area contributed by atoms with Gasteiger partial charge in [-0.1, -0.05) is 57.5 Å². The number of carbonyl (C=O) groups is 1. The number of nitrogens with one attached hydrogen (secondary N) is 1. The Morgan fingerprint density at radius 3 is 2.53 bits per heavy atom. The van der Waals surface area contributed by atoms with Crippen molar-refractivity contribution in [2.24, 2.45) is 5.92 Å². The number of unbranched alkanes of at least 4 members (excludes halogenated alkanes) is 1. The summed E-state index contributed by atoms with van der Waals surface area (Å²) in [5, 5.41) is 2.86. The van der Waals surface area contributed by atoms with E-state index in [2.05, 4.69) is 26.1 Å². The van der Waals surface area contributed by atoms with Gasteiger partial charge in [-0.05, 0) is 17.9 Å². The maximum absolute atomic E-state index is 12.2. The maximum atomic E-state index is 12.2. The minimum Gasteiger partial charge on any atom is -0.361 e. The summed E-state index contributed by atoms with van der Waals surface area (Å²) >= 11 is 0. The Kier molecular flexibility index (Phi) is 7.19. The fourth-order valence-electron chi connectivity index (χ4n) is 2.05. The highest BCUT2D eigenvalue weighted by Crippen LogP contribution is 2.24. The first-order valence-corrected chi connectivity index (χ1v) is 7.07. The molecule has 0 spiro atoms. The molecule has 0 aliphatic rings. The fraction of sp³-hybridized carbons (Fsp3) is 0.562. The van der Waals surface area contributed by atoms with Gasteiger partial charge in [-0.15, -0.1) is 0 Å². The lowest BCUT2D eigenvalue weighted by Gasteiger charge is -2.20. The van der Waals surface area contributed by atoms with Crippen LogP contribution in [0.1, 0.15) is 45.1 Å². The molecule has 0 fully saturated rings. The molecule has 1 unspecified atom stereocenters. The van der Waals surface area contributed by atoms with Crippen molar-refractivity contribution in [3.63, 3.8) is 0 Å². The summed E-state index contributed by atoms with van der Waals surface area (Å²) in [6, 6.07) is 9.91. The summed E-state index contributed by atoms with van der Waals surface area (Å²) in [4.78, 5) is 12.2. The van der Waals surface area contributed by atoms with Gasteiger partial charge in [-0.3, -0.25) is 4.79 Å². The third kappa shape index (κ3) is 5.43. The average molecular weight is 263 g/mol. The third-order valence-electron chi connectivity index (χ3n) is 3.10. The maximum Gasteiger partial charge on any atom is 0.229 e. The zero-order valence-corrected chi connectivity index (χ0v) is 12.2. The van der Waals surface area contributed by atoms with Gasteiger partial charge in [-0.2, -0.15) is 0 Å². The van der Waals surface area contributed by atoms with Gasteiger partial charge in [-0.25, -0.2) is 0 Å². The minimum absolute atomic E-state index is 0.0395. The van der Waals surface area contributed by atoms with Crippen molar-refractivity contribution < 1.29 is 9.53 Å². The summed E-state index contributed by atoms with van der Waals surface area (Å²) in [5.41, 5.74) is 1.06. The summed E-state index contributed by atoms with van der Waals surface area (Å²) in [5.74, 6) is 0.187. The van der Waals surface area contributed by atoms with Crippen molar-refractivity contribution in [2.45, 2.75) is 39.5 Å². The Morgan fingerprint density at radius 2 is 1.95 bits per heavy atom. The van der Waals surface area contributed by atoms with Gasteiger partial charge in [0.2, 0.25) is 5.91 Å². The summed E-state index contributed by atoms with van der Waals surface area (Å²) in [6.07, 6.45) is 2.13. The zero-order chi connectivity index (χ0) is 14.1. The Bertz CT molecular complexity index is 362. The number of amides is 1. The molecule has 3 heteroatoms. The first kappa shape index (κ1) is 15.7. The smallest absolute Gasteiger partial charge is 0.229 e. The van der Waals surface area contributed by atoms with E-state index in [-0.39, 0.29) is 17.7 Å². The van der Waals surface area contributed by atoms with Crippen LogP contribution in [0.5, 0.6) is 0 Å². The Morgan fingerprint density at radius 1 is 1.26 bits per heavy atom. The quantitative estimate of drug-likeness (QED) is 0.577. The Labute approximate surface area is 116 Å². The number of hydrogen-bond donors (Lipinski definition) is 1. The third-order valence-corrected chi connectivity index (χ3v) is 3.10. The van der Waals surface area contributed by atoms with Gasteiger partial charge in [0.25, 0.3) is 0 Å². The number of benzene rings is 1. The van der Waals surface area contributed by atoms with Crippen LogP contribution in [0.3, 0.4) is 0 Å². The zero-order valence-electron chi connectivity index (χ0n) is 12.2. The van der Waals surface area contributed by atoms with Crippen molar-refractivity contribution in [1.82, 2.24) is 5.32 Å². The SMILES string of the molecule is CCCCOCNC(=O)C(c1ccccc1)C(C)C. The second-order valence-corrected chi connectivity index (χ2v) is 5.08. The molecular formula is C16H25NO2. The van der Waals surface area contributed by atoms with Crippen LogP contribution in [0.4, 0.5) is 0 Å². The highest BCUT2D eigenvalue weighted by atomic mass is 16.5. The molecule has 19 heavy (non-hydrogen) atoms. The lowest BCUT2D eigenvalue weighted by atomic mass is 9.88. The molecule has 0 aromatic heterocycles. The standard InChI is InChI=1S/C16H25NO2/c1-4-5-11-19-12-17-16(18)15(13(2)3)14-9-7-6-8-10-14/h6-10,13,15H,4-5,11-12H2,1-3H3,(H,17,18). The van der Waals surface area contributed by atoms with Crippen molar-refractivity contribution in [1.29, 1.82) is 0 Å². The lowest BCUT2D eigenvalue weighted by molar-refractivity contribution is -0.125. The fourth-order valence-corrected chi connectivity index (χ4v) is 2.05. The first-order chi connectivity index (χ1) is 9.16. The molecule has 1 aromatic rings. The van der Waals surface area contributed by atoms with Crippen LogP contribution in [0.2, 0.25) is 0 Å². The molecule has 1 aromatic carbocycles. The Hall–Kier alpha value is -1.35. The molecule has 0 saturated carbocycles. The van der Waals surface area contributed by atoms with E-state index in [0.717, 1.165) is 18.4 Å². The van der Waals surface area contributed by atoms with Crippen LogP contribution in [-0.4, -0.2) is 19.2 Å². The van der Waals surface area contributed by atoms with Gasteiger partial charge < -0.3 is 10.1 Å². The van der Waals surface area contributed by atoms with Gasteiger partial charge in [0.1, 0.15) is 6.73 Å². The summed E-state index contributed by atoms with van der Waals surface area (Å²) in [6.45, 7) is 7.25. The van der Waals surface area contributed by atoms with Crippen LogP contribution in [0.25, 0.3) is 0 Å². The second-order valence-electron chi connectivity index (χ2n) is 5.08. The molecule has 0 saturated heterocycles. The van der Waals surface area contributed by atoms with E-state index in [4.69, 9.17) is 4.74 Å². The van der Waals surface area contributed by atoms with E-state index in [0.29, 0.717) is 13.3 Å². The molecular weight excluding hydrogens is 238 g/mol. The normalized spacial score (nSPS) is 12.4. The van der Waals surface area contributed by atoms with Crippen LogP contribution < -0.4 is 5.32 Å².